The van der Waals surface area contributed by atoms with Gasteiger partial charge in [-0.25, -0.2) is 17.9 Å². The first kappa shape index (κ1) is 21.4. The van der Waals surface area contributed by atoms with Crippen LogP contribution in [0, 0.1) is 5.92 Å². The van der Waals surface area contributed by atoms with E-state index in [1.807, 2.05) is 27.7 Å². The normalized spacial score (nSPS) is 31.5. The van der Waals surface area contributed by atoms with Crippen LogP contribution >= 0.6 is 0 Å². The molecule has 1 heterocycles. The number of hydrogen-bond donors (Lipinski definition) is 2. The predicted octanol–water partition coefficient (Wildman–Crippen LogP) is 1.75. The summed E-state index contributed by atoms with van der Waals surface area (Å²) >= 11 is 0. The molecule has 1 unspecified atom stereocenters. The molecule has 1 saturated heterocycles. The average molecular weight is 393 g/mol. The maximum absolute atomic E-state index is 12.2. The van der Waals surface area contributed by atoms with Crippen LogP contribution in [0.1, 0.15) is 54.9 Å². The molecule has 2 rings (SSSR count). The Labute approximate surface area is 156 Å². The summed E-state index contributed by atoms with van der Waals surface area (Å²) in [6.07, 6.45) is 0.412. The molecule has 0 aromatic rings. The molecule has 2 fully saturated rings. The molecular weight excluding hydrogens is 360 g/mol. The van der Waals surface area contributed by atoms with Crippen LogP contribution in [0.15, 0.2) is 0 Å². The van der Waals surface area contributed by atoms with E-state index in [0.717, 1.165) is 6.26 Å². The number of nitrogens with one attached hydrogen (secondary N) is 2. The number of carbonyl (C=O) groups excluding carboxylic acids is 1. The highest BCUT2D eigenvalue weighted by molar-refractivity contribution is 7.88. The first-order valence-corrected chi connectivity index (χ1v) is 10.7. The average Bonchev–Trinajstić information content (AvgIpc) is 2.78. The second-order valence-corrected chi connectivity index (χ2v) is 11.0. The largest absolute Gasteiger partial charge is 0.444 e. The van der Waals surface area contributed by atoms with E-state index in [4.69, 9.17) is 14.2 Å². The van der Waals surface area contributed by atoms with Gasteiger partial charge in [0.1, 0.15) is 11.7 Å². The maximum atomic E-state index is 12.2. The predicted molar refractivity (Wildman–Crippen MR) is 97.1 cm³/mol. The van der Waals surface area contributed by atoms with Crippen molar-refractivity contribution < 1.29 is 27.4 Å². The lowest BCUT2D eigenvalue weighted by atomic mass is 9.85. The van der Waals surface area contributed by atoms with Crippen molar-refractivity contribution in [3.8, 4) is 0 Å². The Bertz CT molecular complexity index is 653. The summed E-state index contributed by atoms with van der Waals surface area (Å²) in [5.74, 6) is -0.979. The third kappa shape index (κ3) is 5.31. The molecule has 1 aliphatic carbocycles. The van der Waals surface area contributed by atoms with Gasteiger partial charge in [-0.15, -0.1) is 0 Å². The molecule has 152 valence electrons. The lowest BCUT2D eigenvalue weighted by Gasteiger charge is -2.35. The summed E-state index contributed by atoms with van der Waals surface area (Å²) in [4.78, 5) is 12.2. The minimum Gasteiger partial charge on any atom is -0.444 e. The van der Waals surface area contributed by atoms with E-state index in [9.17, 15) is 13.2 Å². The molecule has 2 N–H and O–H groups in total. The van der Waals surface area contributed by atoms with Gasteiger partial charge >= 0.3 is 6.09 Å². The summed E-state index contributed by atoms with van der Waals surface area (Å²) in [6, 6.07) is -0.331. The van der Waals surface area contributed by atoms with Crippen molar-refractivity contribution >= 4 is 16.1 Å². The van der Waals surface area contributed by atoms with Crippen LogP contribution in [0.3, 0.4) is 0 Å². The lowest BCUT2D eigenvalue weighted by Crippen LogP contribution is -2.52. The van der Waals surface area contributed by atoms with Crippen LogP contribution in [-0.4, -0.2) is 55.9 Å². The Morgan fingerprint density at radius 1 is 1.12 bits per heavy atom. The third-order valence-electron chi connectivity index (χ3n) is 4.54. The van der Waals surface area contributed by atoms with Crippen molar-refractivity contribution in [3.63, 3.8) is 0 Å². The Morgan fingerprint density at radius 2 is 1.65 bits per heavy atom. The van der Waals surface area contributed by atoms with E-state index in [1.54, 1.807) is 20.8 Å². The van der Waals surface area contributed by atoms with Crippen LogP contribution < -0.4 is 10.0 Å². The van der Waals surface area contributed by atoms with Gasteiger partial charge in [0.05, 0.1) is 18.4 Å². The molecule has 1 saturated carbocycles. The van der Waals surface area contributed by atoms with E-state index in [0.29, 0.717) is 6.42 Å². The molecule has 26 heavy (non-hydrogen) atoms. The standard InChI is InChI=1S/C17H32N2O6S/c1-15(2,3)25-14(20)18-11-9-10(16(4,5)19-26(8,21)22)12-13(11)24-17(6,7)23-12/h10-13,19H,9H2,1-8H3,(H,18,20)/t10-,11?,12+,13-/m0/s1. The summed E-state index contributed by atoms with van der Waals surface area (Å²) in [5, 5.41) is 2.87. The van der Waals surface area contributed by atoms with Gasteiger partial charge in [0.25, 0.3) is 0 Å². The number of amides is 1. The van der Waals surface area contributed by atoms with Crippen LogP contribution in [0.2, 0.25) is 0 Å². The molecule has 0 aromatic carbocycles. The highest BCUT2D eigenvalue weighted by Crippen LogP contribution is 2.45. The first-order valence-electron chi connectivity index (χ1n) is 8.83. The zero-order valence-corrected chi connectivity index (χ0v) is 17.7. The summed E-state index contributed by atoms with van der Waals surface area (Å²) in [7, 11) is -3.40. The van der Waals surface area contributed by atoms with Gasteiger partial charge in [0.15, 0.2) is 5.79 Å². The van der Waals surface area contributed by atoms with Gasteiger partial charge in [-0.05, 0) is 54.9 Å². The Hall–Kier alpha value is -0.900. The van der Waals surface area contributed by atoms with Crippen molar-refractivity contribution in [3.05, 3.63) is 0 Å². The van der Waals surface area contributed by atoms with Gasteiger partial charge in [0.2, 0.25) is 10.0 Å². The Kier molecular flexibility index (Phi) is 5.44. The van der Waals surface area contributed by atoms with Gasteiger partial charge in [-0.3, -0.25) is 0 Å². The fourth-order valence-corrected chi connectivity index (χ4v) is 4.95. The summed E-state index contributed by atoms with van der Waals surface area (Å²) in [5.41, 5.74) is -1.37. The van der Waals surface area contributed by atoms with Crippen molar-refractivity contribution in [2.45, 2.75) is 90.1 Å². The van der Waals surface area contributed by atoms with E-state index in [2.05, 4.69) is 10.0 Å². The molecule has 1 amide bonds. The number of fused-ring (bicyclic) bond motifs is 1. The zero-order valence-electron chi connectivity index (χ0n) is 16.9. The molecule has 4 atom stereocenters. The molecule has 0 radical (unpaired) electrons. The van der Waals surface area contributed by atoms with Crippen molar-refractivity contribution in [1.82, 2.24) is 10.0 Å². The molecule has 2 aliphatic rings. The Morgan fingerprint density at radius 3 is 2.15 bits per heavy atom. The molecule has 0 bridgehead atoms. The molecule has 0 aromatic heterocycles. The van der Waals surface area contributed by atoms with E-state index in [1.165, 1.54) is 0 Å². The van der Waals surface area contributed by atoms with Crippen molar-refractivity contribution in [2.75, 3.05) is 6.26 Å². The van der Waals surface area contributed by atoms with Crippen molar-refractivity contribution in [2.24, 2.45) is 5.92 Å². The quantitative estimate of drug-likeness (QED) is 0.755. The topological polar surface area (TPSA) is 103 Å². The molecule has 8 nitrogen and oxygen atoms in total. The monoisotopic (exact) mass is 392 g/mol. The fourth-order valence-electron chi connectivity index (χ4n) is 3.84. The van der Waals surface area contributed by atoms with Gasteiger partial charge in [-0.1, -0.05) is 0 Å². The second-order valence-electron chi connectivity index (χ2n) is 9.26. The number of alkyl carbamates (subject to hydrolysis) is 1. The molecular formula is C17H32N2O6S. The molecule has 9 heteroatoms. The fraction of sp³-hybridized carbons (Fsp3) is 0.941. The second kappa shape index (κ2) is 6.61. The van der Waals surface area contributed by atoms with E-state index >= 15 is 0 Å². The summed E-state index contributed by atoms with van der Waals surface area (Å²) < 4.78 is 43.6. The van der Waals surface area contributed by atoms with Crippen LogP contribution in [0.25, 0.3) is 0 Å². The molecule has 1 aliphatic heterocycles. The van der Waals surface area contributed by atoms with Crippen LogP contribution in [0.5, 0.6) is 0 Å². The Balaban J connectivity index is 2.21. The van der Waals surface area contributed by atoms with E-state index in [-0.39, 0.29) is 24.2 Å². The number of hydrogen-bond acceptors (Lipinski definition) is 6. The minimum atomic E-state index is -3.40. The first-order chi connectivity index (χ1) is 11.5. The van der Waals surface area contributed by atoms with Crippen LogP contribution in [-0.2, 0) is 24.2 Å². The smallest absolute Gasteiger partial charge is 0.407 e. The maximum Gasteiger partial charge on any atom is 0.407 e. The van der Waals surface area contributed by atoms with E-state index < -0.39 is 33.0 Å². The van der Waals surface area contributed by atoms with Crippen molar-refractivity contribution in [1.29, 1.82) is 0 Å². The minimum absolute atomic E-state index is 0.177. The number of rotatable bonds is 4. The molecule has 0 spiro atoms. The van der Waals surface area contributed by atoms with Gasteiger partial charge < -0.3 is 19.5 Å². The van der Waals surface area contributed by atoms with Gasteiger partial charge in [-0.2, -0.15) is 0 Å². The highest BCUT2D eigenvalue weighted by atomic mass is 32.2. The lowest BCUT2D eigenvalue weighted by molar-refractivity contribution is -0.161. The highest BCUT2D eigenvalue weighted by Gasteiger charge is 2.58. The van der Waals surface area contributed by atoms with Gasteiger partial charge in [0, 0.05) is 11.5 Å². The number of sulfonamides is 1. The third-order valence-corrected chi connectivity index (χ3v) is 5.44. The zero-order chi connectivity index (χ0) is 20.1. The van der Waals surface area contributed by atoms with Crippen LogP contribution in [0.4, 0.5) is 4.79 Å². The number of ether oxygens (including phenoxy) is 3. The number of carbonyl (C=O) groups is 1. The SMILES string of the molecule is CC(C)(C)OC(=O)NC1C[C@H](C(C)(C)NS(C)(=O)=O)[C@H]2OC(C)(C)O[C@@H]12. The summed E-state index contributed by atoms with van der Waals surface area (Å²) in [6.45, 7) is 12.6.